The Bertz CT molecular complexity index is 494. The van der Waals surface area contributed by atoms with Crippen LogP contribution >= 0.6 is 11.6 Å². The molecule has 5 nitrogen and oxygen atoms in total. The molecule has 0 aromatic carbocycles. The van der Waals surface area contributed by atoms with E-state index in [-0.39, 0.29) is 29.0 Å². The van der Waals surface area contributed by atoms with Gasteiger partial charge in [-0.1, -0.05) is 13.3 Å². The molecule has 1 aliphatic carbocycles. The van der Waals surface area contributed by atoms with E-state index in [2.05, 4.69) is 15.3 Å². The van der Waals surface area contributed by atoms with Crippen LogP contribution in [0.5, 0.6) is 0 Å². The minimum atomic E-state index is -0.925. The molecule has 1 heterocycles. The first-order valence-electron chi connectivity index (χ1n) is 6.07. The van der Waals surface area contributed by atoms with E-state index >= 15 is 0 Å². The van der Waals surface area contributed by atoms with E-state index in [1.807, 2.05) is 6.92 Å². The smallest absolute Gasteiger partial charge is 0.305 e. The summed E-state index contributed by atoms with van der Waals surface area (Å²) in [6, 6.07) is -0.376. The third-order valence-electron chi connectivity index (χ3n) is 3.74. The highest BCUT2D eigenvalue weighted by Crippen LogP contribution is 2.45. The lowest BCUT2D eigenvalue weighted by Crippen LogP contribution is -2.45. The molecule has 1 unspecified atom stereocenters. The Balaban J connectivity index is 2.19. The molecule has 1 aromatic heterocycles. The van der Waals surface area contributed by atoms with Crippen molar-refractivity contribution in [2.45, 2.75) is 38.6 Å². The monoisotopic (exact) mass is 287 g/mol. The lowest BCUT2D eigenvalue weighted by Gasteiger charge is -2.45. The molecule has 19 heavy (non-hydrogen) atoms. The number of carboxylic acids is 1. The number of hydrogen-bond donors (Lipinski definition) is 2. The van der Waals surface area contributed by atoms with E-state index in [1.165, 1.54) is 0 Å². The van der Waals surface area contributed by atoms with E-state index in [0.717, 1.165) is 25.5 Å². The summed E-state index contributed by atoms with van der Waals surface area (Å²) in [5, 5.41) is 11.8. The van der Waals surface area contributed by atoms with Crippen LogP contribution in [-0.2, 0) is 4.79 Å². The van der Waals surface area contributed by atoms with Crippen LogP contribution in [0.25, 0.3) is 0 Å². The van der Waals surface area contributed by atoms with Gasteiger partial charge in [0, 0.05) is 6.04 Å². The fraction of sp³-hybridized carbons (Fsp3) is 0.583. The van der Waals surface area contributed by atoms with Crippen molar-refractivity contribution in [1.82, 2.24) is 9.97 Å². The summed E-state index contributed by atoms with van der Waals surface area (Å²) in [4.78, 5) is 18.2. The molecule has 1 atom stereocenters. The molecular formula is C12H15ClFN3O2. The molecule has 0 bridgehead atoms. The zero-order chi connectivity index (χ0) is 14.0. The molecule has 0 amide bonds. The summed E-state index contributed by atoms with van der Waals surface area (Å²) in [6.45, 7) is 2.00. The van der Waals surface area contributed by atoms with Crippen molar-refractivity contribution in [3.63, 3.8) is 0 Å². The normalized spacial score (nSPS) is 18.5. The zero-order valence-corrected chi connectivity index (χ0v) is 11.2. The van der Waals surface area contributed by atoms with Gasteiger partial charge in [-0.2, -0.15) is 4.98 Å². The number of aliphatic carboxylic acids is 1. The molecule has 1 saturated carbocycles. The molecule has 0 saturated heterocycles. The Morgan fingerprint density at radius 1 is 1.68 bits per heavy atom. The number of nitrogens with one attached hydrogen (secondary N) is 1. The Morgan fingerprint density at radius 2 is 2.37 bits per heavy atom. The molecule has 104 valence electrons. The predicted molar refractivity (Wildman–Crippen MR) is 68.6 cm³/mol. The van der Waals surface area contributed by atoms with E-state index in [0.29, 0.717) is 0 Å². The molecule has 0 aliphatic heterocycles. The SMILES string of the molecule is CC1(C(CC(=O)O)Nc2nc(Cl)ncc2F)CCC1. The fourth-order valence-electron chi connectivity index (χ4n) is 2.34. The second-order valence-corrected chi connectivity index (χ2v) is 5.48. The number of rotatable bonds is 5. The molecule has 2 rings (SSSR count). The summed E-state index contributed by atoms with van der Waals surface area (Å²) in [5.41, 5.74) is -0.151. The topological polar surface area (TPSA) is 75.1 Å². The highest BCUT2D eigenvalue weighted by molar-refractivity contribution is 6.28. The van der Waals surface area contributed by atoms with Crippen molar-refractivity contribution < 1.29 is 14.3 Å². The number of carboxylic acid groups (broad SMARTS) is 1. The van der Waals surface area contributed by atoms with Gasteiger partial charge in [0.15, 0.2) is 11.6 Å². The Labute approximate surface area is 115 Å². The summed E-state index contributed by atoms with van der Waals surface area (Å²) < 4.78 is 13.6. The first-order valence-corrected chi connectivity index (χ1v) is 6.45. The Kier molecular flexibility index (Phi) is 3.89. The quantitative estimate of drug-likeness (QED) is 0.815. The van der Waals surface area contributed by atoms with Crippen molar-refractivity contribution >= 4 is 23.4 Å². The Hall–Kier alpha value is -1.43. The molecule has 1 aliphatic rings. The summed E-state index contributed by atoms with van der Waals surface area (Å²) in [6.07, 6.45) is 3.77. The van der Waals surface area contributed by atoms with Crippen LogP contribution in [0.15, 0.2) is 6.20 Å². The number of aromatic nitrogens is 2. The average molecular weight is 288 g/mol. The number of anilines is 1. The van der Waals surface area contributed by atoms with Crippen molar-refractivity contribution in [3.8, 4) is 0 Å². The van der Waals surface area contributed by atoms with Gasteiger partial charge in [0.1, 0.15) is 0 Å². The molecule has 1 fully saturated rings. The van der Waals surface area contributed by atoms with Crippen LogP contribution in [0.2, 0.25) is 5.28 Å². The standard InChI is InChI=1S/C12H15ClFN3O2/c1-12(3-2-4-12)8(5-9(18)19)16-10-7(14)6-15-11(13)17-10/h6,8H,2-5H2,1H3,(H,18,19)(H,15,16,17). The van der Waals surface area contributed by atoms with Crippen LogP contribution in [0.1, 0.15) is 32.6 Å². The van der Waals surface area contributed by atoms with Gasteiger partial charge in [0.2, 0.25) is 5.28 Å². The van der Waals surface area contributed by atoms with E-state index in [4.69, 9.17) is 16.7 Å². The maximum absolute atomic E-state index is 13.6. The third kappa shape index (κ3) is 3.12. The second kappa shape index (κ2) is 5.28. The lowest BCUT2D eigenvalue weighted by atomic mass is 9.64. The average Bonchev–Trinajstić information content (AvgIpc) is 2.29. The van der Waals surface area contributed by atoms with Gasteiger partial charge in [-0.05, 0) is 29.9 Å². The summed E-state index contributed by atoms with van der Waals surface area (Å²) in [5.74, 6) is -1.60. The maximum Gasteiger partial charge on any atom is 0.305 e. The fourth-order valence-corrected chi connectivity index (χ4v) is 2.47. The van der Waals surface area contributed by atoms with Crippen LogP contribution in [-0.4, -0.2) is 27.1 Å². The van der Waals surface area contributed by atoms with Gasteiger partial charge >= 0.3 is 5.97 Å². The van der Waals surface area contributed by atoms with Crippen molar-refractivity contribution in [3.05, 3.63) is 17.3 Å². The minimum absolute atomic E-state index is 0.0422. The van der Waals surface area contributed by atoms with Gasteiger partial charge in [-0.15, -0.1) is 0 Å². The highest BCUT2D eigenvalue weighted by Gasteiger charge is 2.41. The van der Waals surface area contributed by atoms with Gasteiger partial charge in [-0.3, -0.25) is 4.79 Å². The van der Waals surface area contributed by atoms with E-state index < -0.39 is 11.8 Å². The number of nitrogens with zero attached hydrogens (tertiary/aromatic N) is 2. The third-order valence-corrected chi connectivity index (χ3v) is 3.92. The van der Waals surface area contributed by atoms with Crippen LogP contribution < -0.4 is 5.32 Å². The molecule has 7 heteroatoms. The second-order valence-electron chi connectivity index (χ2n) is 5.14. The first-order chi connectivity index (χ1) is 8.90. The van der Waals surface area contributed by atoms with Gasteiger partial charge in [0.25, 0.3) is 0 Å². The first kappa shape index (κ1) is 14.0. The van der Waals surface area contributed by atoms with Crippen molar-refractivity contribution in [2.24, 2.45) is 5.41 Å². The number of halogens is 2. The summed E-state index contributed by atoms with van der Waals surface area (Å²) in [7, 11) is 0. The summed E-state index contributed by atoms with van der Waals surface area (Å²) >= 11 is 5.62. The number of carbonyl (C=O) groups is 1. The van der Waals surface area contributed by atoms with Crippen LogP contribution in [0, 0.1) is 11.2 Å². The predicted octanol–water partition coefficient (Wildman–Crippen LogP) is 2.71. The molecule has 0 radical (unpaired) electrons. The van der Waals surface area contributed by atoms with Crippen LogP contribution in [0.3, 0.4) is 0 Å². The Morgan fingerprint density at radius 3 is 2.89 bits per heavy atom. The molecule has 2 N–H and O–H groups in total. The lowest BCUT2D eigenvalue weighted by molar-refractivity contribution is -0.138. The molecule has 0 spiro atoms. The largest absolute Gasteiger partial charge is 0.481 e. The molecular weight excluding hydrogens is 273 g/mol. The minimum Gasteiger partial charge on any atom is -0.481 e. The van der Waals surface area contributed by atoms with Gasteiger partial charge in [-0.25, -0.2) is 9.37 Å². The maximum atomic E-state index is 13.6. The van der Waals surface area contributed by atoms with Crippen LogP contribution in [0.4, 0.5) is 10.2 Å². The number of hydrogen-bond acceptors (Lipinski definition) is 4. The zero-order valence-electron chi connectivity index (χ0n) is 10.5. The van der Waals surface area contributed by atoms with Gasteiger partial charge < -0.3 is 10.4 Å². The highest BCUT2D eigenvalue weighted by atomic mass is 35.5. The molecule has 1 aromatic rings. The van der Waals surface area contributed by atoms with Gasteiger partial charge in [0.05, 0.1) is 12.6 Å². The van der Waals surface area contributed by atoms with E-state index in [1.54, 1.807) is 0 Å². The van der Waals surface area contributed by atoms with Crippen molar-refractivity contribution in [2.75, 3.05) is 5.32 Å². The van der Waals surface area contributed by atoms with Crippen molar-refractivity contribution in [1.29, 1.82) is 0 Å². The van der Waals surface area contributed by atoms with E-state index in [9.17, 15) is 9.18 Å².